The summed E-state index contributed by atoms with van der Waals surface area (Å²) in [4.78, 5) is 53.3. The minimum absolute atomic E-state index is 0.117. The Kier molecular flexibility index (Phi) is 11.0. The van der Waals surface area contributed by atoms with E-state index in [9.17, 15) is 24.3 Å². The molecule has 0 aliphatic heterocycles. The highest BCUT2D eigenvalue weighted by Crippen LogP contribution is 2.29. The SMILES string of the molecule is Cc1ccccc1NC(=O)C(c1cccc(C)c1C)N(CCO)C(=O)C(CCC(N)=O)NC(=O)OC(C)(C)C. The predicted molar refractivity (Wildman–Crippen MR) is 149 cm³/mol. The van der Waals surface area contributed by atoms with Crippen LogP contribution in [0.2, 0.25) is 0 Å². The molecule has 39 heavy (non-hydrogen) atoms. The second-order valence-electron chi connectivity index (χ2n) is 10.5. The van der Waals surface area contributed by atoms with Crippen molar-refractivity contribution in [2.75, 3.05) is 18.5 Å². The van der Waals surface area contributed by atoms with Crippen LogP contribution in [0.4, 0.5) is 10.5 Å². The monoisotopic (exact) mass is 540 g/mol. The number of anilines is 1. The molecule has 212 valence electrons. The molecule has 2 aromatic carbocycles. The molecular formula is C29H40N4O6. The van der Waals surface area contributed by atoms with Crippen molar-refractivity contribution < 1.29 is 29.0 Å². The standard InChI is InChI=1S/C29H40N4O6/c1-18-11-9-12-21(20(18)3)25(26(36)31-22-13-8-7-10-19(22)2)33(16-17-34)27(37)23(14-15-24(30)35)32-28(38)39-29(4,5)6/h7-13,23,25,34H,14-17H2,1-6H3,(H2,30,35)(H,31,36)(H,32,38). The number of alkyl carbamates (subject to hydrolysis) is 1. The molecule has 2 unspecified atom stereocenters. The molecule has 2 rings (SSSR count). The quantitative estimate of drug-likeness (QED) is 0.343. The molecule has 0 radical (unpaired) electrons. The predicted octanol–water partition coefficient (Wildman–Crippen LogP) is 3.27. The fraction of sp³-hybridized carbons (Fsp3) is 0.448. The number of nitrogens with zero attached hydrogens (tertiary/aromatic N) is 1. The number of hydrogen-bond donors (Lipinski definition) is 4. The molecule has 0 spiro atoms. The number of hydrogen-bond acceptors (Lipinski definition) is 6. The Labute approximate surface area is 229 Å². The highest BCUT2D eigenvalue weighted by Gasteiger charge is 2.37. The molecule has 10 nitrogen and oxygen atoms in total. The summed E-state index contributed by atoms with van der Waals surface area (Å²) in [6.07, 6.45) is -1.17. The number of amides is 4. The number of para-hydroxylation sites is 1. The maximum Gasteiger partial charge on any atom is 0.408 e. The Balaban J connectivity index is 2.57. The van der Waals surface area contributed by atoms with Gasteiger partial charge in [-0.2, -0.15) is 0 Å². The van der Waals surface area contributed by atoms with Crippen LogP contribution in [0.5, 0.6) is 0 Å². The van der Waals surface area contributed by atoms with E-state index in [1.54, 1.807) is 45.0 Å². The molecule has 4 amide bonds. The first kappa shape index (κ1) is 31.3. The van der Waals surface area contributed by atoms with Gasteiger partial charge >= 0.3 is 6.09 Å². The summed E-state index contributed by atoms with van der Waals surface area (Å²) in [6, 6.07) is 10.3. The van der Waals surface area contributed by atoms with Gasteiger partial charge in [-0.15, -0.1) is 0 Å². The molecule has 10 heteroatoms. The van der Waals surface area contributed by atoms with Crippen molar-refractivity contribution in [3.63, 3.8) is 0 Å². The van der Waals surface area contributed by atoms with Crippen LogP contribution >= 0.6 is 0 Å². The molecule has 0 aliphatic carbocycles. The topological polar surface area (TPSA) is 151 Å². The van der Waals surface area contributed by atoms with E-state index in [2.05, 4.69) is 10.6 Å². The van der Waals surface area contributed by atoms with Crippen LogP contribution in [0.15, 0.2) is 42.5 Å². The molecule has 5 N–H and O–H groups in total. The molecule has 0 heterocycles. The second-order valence-corrected chi connectivity index (χ2v) is 10.5. The molecule has 0 aliphatic rings. The number of nitrogens with one attached hydrogen (secondary N) is 2. The Bertz CT molecular complexity index is 1190. The van der Waals surface area contributed by atoms with Crippen LogP contribution in [0.3, 0.4) is 0 Å². The lowest BCUT2D eigenvalue weighted by molar-refractivity contribution is -0.141. The van der Waals surface area contributed by atoms with Crippen molar-refractivity contribution in [3.8, 4) is 0 Å². The smallest absolute Gasteiger partial charge is 0.408 e. The van der Waals surface area contributed by atoms with Gasteiger partial charge in [0.2, 0.25) is 11.8 Å². The summed E-state index contributed by atoms with van der Waals surface area (Å²) in [5.41, 5.74) is 8.18. The summed E-state index contributed by atoms with van der Waals surface area (Å²) >= 11 is 0. The van der Waals surface area contributed by atoms with E-state index < -0.39 is 48.1 Å². The fourth-order valence-electron chi connectivity index (χ4n) is 4.10. The Morgan fingerprint density at radius 3 is 2.23 bits per heavy atom. The van der Waals surface area contributed by atoms with Gasteiger partial charge in [-0.1, -0.05) is 36.4 Å². The van der Waals surface area contributed by atoms with Gasteiger partial charge in [0.15, 0.2) is 0 Å². The van der Waals surface area contributed by atoms with E-state index in [1.165, 1.54) is 4.90 Å². The number of nitrogens with two attached hydrogens (primary N) is 1. The van der Waals surface area contributed by atoms with Crippen molar-refractivity contribution in [2.24, 2.45) is 5.73 Å². The maximum atomic E-state index is 14.0. The molecule has 0 saturated heterocycles. The van der Waals surface area contributed by atoms with Gasteiger partial charge in [0, 0.05) is 18.7 Å². The van der Waals surface area contributed by atoms with E-state index in [1.807, 2.05) is 39.0 Å². The van der Waals surface area contributed by atoms with Crippen molar-refractivity contribution >= 4 is 29.5 Å². The van der Waals surface area contributed by atoms with Crippen molar-refractivity contribution in [1.29, 1.82) is 0 Å². The first-order chi connectivity index (χ1) is 18.2. The van der Waals surface area contributed by atoms with Crippen LogP contribution in [0.25, 0.3) is 0 Å². The van der Waals surface area contributed by atoms with Gasteiger partial charge in [-0.25, -0.2) is 4.79 Å². The van der Waals surface area contributed by atoms with Crippen molar-refractivity contribution in [1.82, 2.24) is 10.2 Å². The number of rotatable bonds is 11. The summed E-state index contributed by atoms with van der Waals surface area (Å²) < 4.78 is 5.32. The second kappa shape index (κ2) is 13.7. The Morgan fingerprint density at radius 1 is 1.00 bits per heavy atom. The lowest BCUT2D eigenvalue weighted by Gasteiger charge is -2.35. The van der Waals surface area contributed by atoms with Crippen LogP contribution in [-0.2, 0) is 19.1 Å². The molecular weight excluding hydrogens is 500 g/mol. The zero-order chi connectivity index (χ0) is 29.3. The summed E-state index contributed by atoms with van der Waals surface area (Å²) in [5, 5.41) is 15.4. The van der Waals surface area contributed by atoms with Gasteiger partial charge in [-0.05, 0) is 76.3 Å². The highest BCUT2D eigenvalue weighted by molar-refractivity contribution is 5.99. The molecule has 0 bridgehead atoms. The van der Waals surface area contributed by atoms with Gasteiger partial charge in [0.25, 0.3) is 5.91 Å². The third-order valence-electron chi connectivity index (χ3n) is 6.20. The number of carbonyl (C=O) groups is 4. The molecule has 2 atom stereocenters. The number of aryl methyl sites for hydroxylation is 2. The average Bonchev–Trinajstić information content (AvgIpc) is 2.83. The maximum absolute atomic E-state index is 14.0. The third kappa shape index (κ3) is 9.10. The fourth-order valence-corrected chi connectivity index (χ4v) is 4.10. The van der Waals surface area contributed by atoms with E-state index in [0.29, 0.717) is 11.3 Å². The normalized spacial score (nSPS) is 12.7. The first-order valence-electron chi connectivity index (χ1n) is 12.9. The van der Waals surface area contributed by atoms with E-state index >= 15 is 0 Å². The summed E-state index contributed by atoms with van der Waals surface area (Å²) in [7, 11) is 0. The van der Waals surface area contributed by atoms with Gasteiger partial charge in [0.05, 0.1) is 6.61 Å². The average molecular weight is 541 g/mol. The molecule has 0 saturated carbocycles. The number of benzene rings is 2. The van der Waals surface area contributed by atoms with Crippen LogP contribution < -0.4 is 16.4 Å². The van der Waals surface area contributed by atoms with Crippen LogP contribution in [-0.4, -0.2) is 58.6 Å². The number of aliphatic hydroxyl groups excluding tert-OH is 1. The molecule has 2 aromatic rings. The van der Waals surface area contributed by atoms with Gasteiger partial charge in [0.1, 0.15) is 17.7 Å². The molecule has 0 fully saturated rings. The van der Waals surface area contributed by atoms with Crippen molar-refractivity contribution in [2.45, 2.75) is 72.1 Å². The number of primary amides is 1. The minimum Gasteiger partial charge on any atom is -0.444 e. The number of carbonyl (C=O) groups excluding carboxylic acids is 4. The van der Waals surface area contributed by atoms with E-state index in [4.69, 9.17) is 10.5 Å². The van der Waals surface area contributed by atoms with Crippen molar-refractivity contribution in [3.05, 3.63) is 64.7 Å². The van der Waals surface area contributed by atoms with Gasteiger partial charge < -0.3 is 31.1 Å². The zero-order valence-electron chi connectivity index (χ0n) is 23.5. The lowest BCUT2D eigenvalue weighted by Crippen LogP contribution is -2.53. The van der Waals surface area contributed by atoms with Crippen LogP contribution in [0, 0.1) is 20.8 Å². The first-order valence-corrected chi connectivity index (χ1v) is 12.9. The van der Waals surface area contributed by atoms with Gasteiger partial charge in [-0.3, -0.25) is 14.4 Å². The van der Waals surface area contributed by atoms with E-state index in [-0.39, 0.29) is 19.4 Å². The largest absolute Gasteiger partial charge is 0.444 e. The van der Waals surface area contributed by atoms with Crippen LogP contribution in [0.1, 0.15) is 61.9 Å². The highest BCUT2D eigenvalue weighted by atomic mass is 16.6. The zero-order valence-corrected chi connectivity index (χ0v) is 23.5. The third-order valence-corrected chi connectivity index (χ3v) is 6.20. The summed E-state index contributed by atoms with van der Waals surface area (Å²) in [6.45, 7) is 9.98. The minimum atomic E-state index is -1.24. The van der Waals surface area contributed by atoms with E-state index in [0.717, 1.165) is 16.7 Å². The molecule has 0 aromatic heterocycles. The Hall–Kier alpha value is -3.92. The Morgan fingerprint density at radius 2 is 1.64 bits per heavy atom. The summed E-state index contributed by atoms with van der Waals surface area (Å²) in [5.74, 6) is -1.82. The number of aliphatic hydroxyl groups is 1. The number of ether oxygens (including phenoxy) is 1. The lowest BCUT2D eigenvalue weighted by atomic mass is 9.94.